The Labute approximate surface area is 236 Å². The molecule has 0 fully saturated rings. The molecule has 35 heavy (non-hydrogen) atoms. The van der Waals surface area contributed by atoms with Gasteiger partial charge >= 0.3 is 5.97 Å². The number of thiazole rings is 1. The zero-order valence-electron chi connectivity index (χ0n) is 20.1. The number of hydrogen-bond donors (Lipinski definition) is 1. The van der Waals surface area contributed by atoms with E-state index in [0.717, 1.165) is 50.2 Å². The van der Waals surface area contributed by atoms with Crippen LogP contribution in [0.1, 0.15) is 37.3 Å². The van der Waals surface area contributed by atoms with Gasteiger partial charge in [0.2, 0.25) is 5.52 Å². The number of aromatic nitrogens is 1. The van der Waals surface area contributed by atoms with Crippen molar-refractivity contribution in [3.05, 3.63) is 62.6 Å². The molecule has 0 spiro atoms. The fraction of sp³-hybridized carbons (Fsp3) is 0.308. The molecule has 1 aromatic heterocycles. The summed E-state index contributed by atoms with van der Waals surface area (Å²) in [7, 11) is 1.67. The van der Waals surface area contributed by atoms with Crippen LogP contribution >= 0.6 is 34.7 Å². The number of carbonyl (C=O) groups is 1. The van der Waals surface area contributed by atoms with Crippen LogP contribution in [0.4, 0.5) is 5.69 Å². The van der Waals surface area contributed by atoms with Gasteiger partial charge in [0.1, 0.15) is 16.9 Å². The molecule has 2 aromatic carbocycles. The van der Waals surface area contributed by atoms with E-state index in [0.29, 0.717) is 6.54 Å². The molecule has 5 nitrogen and oxygen atoms in total. The molecule has 1 aliphatic rings. The number of hydrogen-bond acceptors (Lipinski definition) is 5. The Bertz CT molecular complexity index is 1320. The van der Waals surface area contributed by atoms with Crippen LogP contribution in [-0.4, -0.2) is 24.7 Å². The number of benzene rings is 2. The Hall–Kier alpha value is -1.75. The van der Waals surface area contributed by atoms with Gasteiger partial charge in [0, 0.05) is 34.7 Å². The van der Waals surface area contributed by atoms with Gasteiger partial charge in [-0.25, -0.2) is 0 Å². The van der Waals surface area contributed by atoms with E-state index in [2.05, 4.69) is 47.6 Å². The van der Waals surface area contributed by atoms with Crippen LogP contribution in [0.15, 0.2) is 51.9 Å². The highest BCUT2D eigenvalue weighted by atomic mass is 127. The lowest BCUT2D eigenvalue weighted by Crippen LogP contribution is -3.00. The average molecular weight is 643 g/mol. The molecule has 0 bridgehead atoms. The first-order valence-electron chi connectivity index (χ1n) is 11.2. The minimum atomic E-state index is -0.804. The zero-order chi connectivity index (χ0) is 24.4. The molecule has 0 radical (unpaired) electrons. The van der Waals surface area contributed by atoms with Crippen molar-refractivity contribution in [3.63, 3.8) is 0 Å². The topological polar surface area (TPSA) is 53.6 Å². The predicted octanol–water partition coefficient (Wildman–Crippen LogP) is 3.90. The van der Waals surface area contributed by atoms with E-state index in [-0.39, 0.29) is 30.4 Å². The summed E-state index contributed by atoms with van der Waals surface area (Å²) < 4.78 is 8.71. The Kier molecular flexibility index (Phi) is 9.53. The fourth-order valence-electron chi connectivity index (χ4n) is 4.07. The number of aliphatic carboxylic acids is 1. The normalized spacial score (nSPS) is 14.4. The van der Waals surface area contributed by atoms with Crippen LogP contribution < -0.4 is 38.2 Å². The number of carboxylic acid groups (broad SMARTS) is 1. The maximum atomic E-state index is 11.3. The Balaban J connectivity index is 0.00000342. The van der Waals surface area contributed by atoms with Crippen molar-refractivity contribution in [1.29, 1.82) is 0 Å². The molecule has 3 aromatic rings. The van der Waals surface area contributed by atoms with E-state index in [4.69, 9.17) is 16.3 Å². The van der Waals surface area contributed by atoms with Crippen molar-refractivity contribution in [2.75, 3.05) is 18.6 Å². The van der Waals surface area contributed by atoms with E-state index in [9.17, 15) is 9.90 Å². The standard InChI is InChI=1S/C26H27ClN2O3S2.HI/c1-5-17(12-24-28(6-2)20-14-18(27)7-8-22(20)33-24)13-25-29(10-9-26(30)31)19-11-16(3)21(32-4)15-23(19)34-25;/h7-8,11-15H,5-6,9-10H2,1-4H3;1H. The fourth-order valence-corrected chi connectivity index (χ4v) is 6.59. The molecule has 186 valence electrons. The highest BCUT2D eigenvalue weighted by molar-refractivity contribution is 8.03. The molecule has 0 amide bonds. The van der Waals surface area contributed by atoms with Gasteiger partial charge < -0.3 is 38.7 Å². The quantitative estimate of drug-likeness (QED) is 0.299. The number of fused-ring (bicyclic) bond motifs is 2. The minimum Gasteiger partial charge on any atom is -1.00 e. The number of rotatable bonds is 8. The van der Waals surface area contributed by atoms with Gasteiger partial charge in [-0.05, 0) is 55.7 Å². The van der Waals surface area contributed by atoms with E-state index < -0.39 is 5.97 Å². The van der Waals surface area contributed by atoms with Crippen molar-refractivity contribution < 1.29 is 43.2 Å². The smallest absolute Gasteiger partial charge is 0.309 e. The summed E-state index contributed by atoms with van der Waals surface area (Å²) in [5.41, 5.74) is 4.39. The monoisotopic (exact) mass is 642 g/mol. The number of methoxy groups -OCH3 is 1. The van der Waals surface area contributed by atoms with Crippen LogP contribution in [-0.2, 0) is 11.3 Å². The van der Waals surface area contributed by atoms with Gasteiger partial charge in [-0.3, -0.25) is 4.79 Å². The lowest BCUT2D eigenvalue weighted by Gasteiger charge is -2.18. The number of halogens is 2. The third-order valence-corrected chi connectivity index (χ3v) is 8.27. The minimum absolute atomic E-state index is 0. The van der Waals surface area contributed by atoms with Crippen molar-refractivity contribution in [2.45, 2.75) is 45.1 Å². The van der Waals surface area contributed by atoms with Crippen molar-refractivity contribution >= 4 is 62.6 Å². The summed E-state index contributed by atoms with van der Waals surface area (Å²) in [5, 5.41) is 12.3. The molecule has 0 saturated heterocycles. The lowest BCUT2D eigenvalue weighted by molar-refractivity contribution is -0.667. The summed E-state index contributed by atoms with van der Waals surface area (Å²) in [6.45, 7) is 7.56. The zero-order valence-corrected chi connectivity index (χ0v) is 24.6. The van der Waals surface area contributed by atoms with E-state index in [1.807, 2.05) is 25.1 Å². The lowest BCUT2D eigenvalue weighted by atomic mass is 10.1. The van der Waals surface area contributed by atoms with Crippen molar-refractivity contribution in [1.82, 2.24) is 0 Å². The highest BCUT2D eigenvalue weighted by Crippen LogP contribution is 2.47. The van der Waals surface area contributed by atoms with Gasteiger partial charge in [0.25, 0.3) is 5.01 Å². The molecular formula is C26H28ClIN2O3S2. The summed E-state index contributed by atoms with van der Waals surface area (Å²) in [6.07, 6.45) is 5.35. The van der Waals surface area contributed by atoms with E-state index in [1.165, 1.54) is 15.5 Å². The average Bonchev–Trinajstić information content (AvgIpc) is 3.32. The third kappa shape index (κ3) is 5.98. The van der Waals surface area contributed by atoms with Crippen LogP contribution in [0, 0.1) is 6.92 Å². The van der Waals surface area contributed by atoms with Gasteiger partial charge in [0.05, 0.1) is 17.8 Å². The van der Waals surface area contributed by atoms with E-state index >= 15 is 0 Å². The summed E-state index contributed by atoms with van der Waals surface area (Å²) in [5.74, 6) is 0.0343. The maximum absolute atomic E-state index is 11.3. The first-order valence-corrected chi connectivity index (χ1v) is 13.3. The molecule has 0 atom stereocenters. The molecule has 0 saturated carbocycles. The van der Waals surface area contributed by atoms with Crippen LogP contribution in [0.3, 0.4) is 0 Å². The number of anilines is 1. The number of thioether (sulfide) groups is 1. The maximum Gasteiger partial charge on any atom is 0.309 e. The number of allylic oxidation sites excluding steroid dienone is 2. The number of nitrogens with zero attached hydrogens (tertiary/aromatic N) is 2. The molecule has 1 N–H and O–H groups in total. The first-order chi connectivity index (χ1) is 16.3. The SMILES string of the molecule is CCC(=C/c1sc2cc(OC)c(C)cc2[n+]1CCC(=O)O)/C=C1\Sc2ccc(Cl)cc2N1CC.[I-]. The molecular weight excluding hydrogens is 615 g/mol. The highest BCUT2D eigenvalue weighted by Gasteiger charge is 2.25. The predicted molar refractivity (Wildman–Crippen MR) is 142 cm³/mol. The first kappa shape index (κ1) is 27.8. The molecule has 0 unspecified atom stereocenters. The second-order valence-corrected chi connectivity index (χ2v) is 10.6. The Morgan fingerprint density at radius 2 is 2.03 bits per heavy atom. The third-order valence-electron chi connectivity index (χ3n) is 5.83. The second kappa shape index (κ2) is 12.0. The molecule has 9 heteroatoms. The second-order valence-electron chi connectivity index (χ2n) is 8.04. The number of ether oxygens (including phenoxy) is 1. The van der Waals surface area contributed by atoms with E-state index in [1.54, 1.807) is 30.2 Å². The van der Waals surface area contributed by atoms with Gasteiger partial charge in [-0.2, -0.15) is 4.57 Å². The van der Waals surface area contributed by atoms with Crippen molar-refractivity contribution in [3.8, 4) is 5.75 Å². The van der Waals surface area contributed by atoms with Crippen LogP contribution in [0.25, 0.3) is 16.3 Å². The summed E-state index contributed by atoms with van der Waals surface area (Å²) >= 11 is 9.67. The van der Waals surface area contributed by atoms with Gasteiger partial charge in [-0.1, -0.05) is 41.6 Å². The van der Waals surface area contributed by atoms with Crippen LogP contribution in [0.2, 0.25) is 5.02 Å². The molecule has 1 aliphatic heterocycles. The van der Waals surface area contributed by atoms with Gasteiger partial charge in [-0.15, -0.1) is 0 Å². The van der Waals surface area contributed by atoms with Gasteiger partial charge in [0.15, 0.2) is 6.54 Å². The number of aryl methyl sites for hydroxylation is 2. The van der Waals surface area contributed by atoms with Crippen LogP contribution in [0.5, 0.6) is 5.75 Å². The molecule has 2 heterocycles. The molecule has 4 rings (SSSR count). The summed E-state index contributed by atoms with van der Waals surface area (Å²) in [6, 6.07) is 10.1. The Morgan fingerprint density at radius 3 is 2.69 bits per heavy atom. The Morgan fingerprint density at radius 1 is 1.26 bits per heavy atom. The molecule has 0 aliphatic carbocycles. The number of carboxylic acids is 1. The van der Waals surface area contributed by atoms with Crippen molar-refractivity contribution in [2.24, 2.45) is 0 Å². The summed E-state index contributed by atoms with van der Waals surface area (Å²) in [4.78, 5) is 14.8. The largest absolute Gasteiger partial charge is 1.00 e.